The van der Waals surface area contributed by atoms with E-state index in [2.05, 4.69) is 30.6 Å². The highest BCUT2D eigenvalue weighted by Crippen LogP contribution is 2.33. The Balaban J connectivity index is 1.49. The molecule has 1 aliphatic heterocycles. The Hall–Kier alpha value is -2.32. The zero-order valence-corrected chi connectivity index (χ0v) is 17.6. The average Bonchev–Trinajstić information content (AvgIpc) is 3.35. The largest absolute Gasteiger partial charge is 0.374 e. The predicted octanol–water partition coefficient (Wildman–Crippen LogP) is 4.67. The summed E-state index contributed by atoms with van der Waals surface area (Å²) in [6, 6.07) is 10.6. The van der Waals surface area contributed by atoms with Crippen LogP contribution in [0.4, 0.5) is 15.8 Å². The molecule has 0 saturated carbocycles. The smallest absolute Gasteiger partial charge is 0.246 e. The molecule has 5 nitrogen and oxygen atoms in total. The van der Waals surface area contributed by atoms with Gasteiger partial charge in [-0.25, -0.2) is 9.37 Å². The maximum absolute atomic E-state index is 14.3. The minimum absolute atomic E-state index is 0.0165. The van der Waals surface area contributed by atoms with Gasteiger partial charge in [0.15, 0.2) is 0 Å². The van der Waals surface area contributed by atoms with Gasteiger partial charge in [-0.3, -0.25) is 4.79 Å². The summed E-state index contributed by atoms with van der Waals surface area (Å²) >= 11 is 4.82. The highest BCUT2D eigenvalue weighted by atomic mass is 79.9. The van der Waals surface area contributed by atoms with Crippen LogP contribution in [0.2, 0.25) is 0 Å². The van der Waals surface area contributed by atoms with Crippen LogP contribution in [-0.4, -0.2) is 28.4 Å². The van der Waals surface area contributed by atoms with E-state index in [0.717, 1.165) is 45.0 Å². The second kappa shape index (κ2) is 7.97. The normalized spacial score (nSPS) is 12.9. The van der Waals surface area contributed by atoms with Crippen LogP contribution in [0.5, 0.6) is 0 Å². The van der Waals surface area contributed by atoms with Crippen molar-refractivity contribution in [3.63, 3.8) is 0 Å². The molecule has 8 heteroatoms. The topological polar surface area (TPSA) is 58.1 Å². The summed E-state index contributed by atoms with van der Waals surface area (Å²) in [7, 11) is 0. The van der Waals surface area contributed by atoms with Crippen LogP contribution < -0.4 is 10.2 Å². The highest BCUT2D eigenvalue weighted by Gasteiger charge is 2.25. The van der Waals surface area contributed by atoms with Crippen LogP contribution in [0.15, 0.2) is 40.9 Å². The maximum atomic E-state index is 14.3. The predicted molar refractivity (Wildman–Crippen MR) is 113 cm³/mol. The average molecular weight is 461 g/mol. The fourth-order valence-corrected chi connectivity index (χ4v) is 4.52. The van der Waals surface area contributed by atoms with Crippen molar-refractivity contribution in [1.82, 2.24) is 9.36 Å². The van der Waals surface area contributed by atoms with Gasteiger partial charge in [0.1, 0.15) is 16.6 Å². The third-order valence-electron chi connectivity index (χ3n) is 4.70. The summed E-state index contributed by atoms with van der Waals surface area (Å²) in [4.78, 5) is 18.9. The molecule has 0 fully saturated rings. The van der Waals surface area contributed by atoms with Crippen molar-refractivity contribution in [3.05, 3.63) is 58.1 Å². The number of aryl methyl sites for hydroxylation is 1. The number of carbonyl (C=O) groups excluding carboxylic acids is 1. The molecule has 0 saturated heterocycles. The van der Waals surface area contributed by atoms with Crippen molar-refractivity contribution in [3.8, 4) is 10.6 Å². The van der Waals surface area contributed by atoms with E-state index in [4.69, 9.17) is 0 Å². The van der Waals surface area contributed by atoms with Gasteiger partial charge in [0.2, 0.25) is 5.91 Å². The molecule has 1 aromatic heterocycles. The second-order valence-corrected chi connectivity index (χ2v) is 8.06. The second-order valence-electron chi connectivity index (χ2n) is 6.45. The fraction of sp³-hybridized carbons (Fsp3) is 0.250. The van der Waals surface area contributed by atoms with Gasteiger partial charge in [0.25, 0.3) is 0 Å². The molecule has 4 rings (SSSR count). The molecular formula is C20H18BrFN4OS. The number of aromatic nitrogens is 2. The molecule has 0 spiro atoms. The molecule has 1 N–H and O–H groups in total. The Morgan fingerprint density at radius 2 is 2.21 bits per heavy atom. The van der Waals surface area contributed by atoms with Crippen molar-refractivity contribution in [1.29, 1.82) is 0 Å². The molecule has 0 bridgehead atoms. The van der Waals surface area contributed by atoms with Crippen molar-refractivity contribution in [2.24, 2.45) is 0 Å². The number of hydrogen-bond donors (Lipinski definition) is 1. The van der Waals surface area contributed by atoms with Gasteiger partial charge in [0, 0.05) is 28.7 Å². The Morgan fingerprint density at radius 1 is 1.36 bits per heavy atom. The Bertz CT molecular complexity index is 1040. The molecule has 0 unspecified atom stereocenters. The molecule has 1 aliphatic rings. The number of fused-ring (bicyclic) bond motifs is 1. The SMILES string of the molecule is CCc1nsc(-c2ccc(F)c(NCC(=O)N3CCc4c(Br)cccc43)c2)n1. The molecule has 3 aromatic rings. The minimum atomic E-state index is -0.402. The van der Waals surface area contributed by atoms with Gasteiger partial charge in [-0.2, -0.15) is 4.37 Å². The van der Waals surface area contributed by atoms with Gasteiger partial charge in [-0.05, 0) is 53.8 Å². The molecule has 0 atom stereocenters. The van der Waals surface area contributed by atoms with E-state index in [1.807, 2.05) is 25.1 Å². The minimum Gasteiger partial charge on any atom is -0.374 e. The van der Waals surface area contributed by atoms with E-state index in [-0.39, 0.29) is 18.1 Å². The van der Waals surface area contributed by atoms with Crippen LogP contribution in [-0.2, 0) is 17.6 Å². The fourth-order valence-electron chi connectivity index (χ4n) is 3.23. The van der Waals surface area contributed by atoms with E-state index < -0.39 is 5.82 Å². The van der Waals surface area contributed by atoms with Crippen molar-refractivity contribution in [2.75, 3.05) is 23.3 Å². The maximum Gasteiger partial charge on any atom is 0.246 e. The molecular weight excluding hydrogens is 443 g/mol. The monoisotopic (exact) mass is 460 g/mol. The number of halogens is 2. The Labute approximate surface area is 174 Å². The highest BCUT2D eigenvalue weighted by molar-refractivity contribution is 9.10. The van der Waals surface area contributed by atoms with Gasteiger partial charge in [0.05, 0.1) is 12.2 Å². The standard InChI is InChI=1S/C20H18BrFN4OS/c1-2-18-24-20(28-25-18)12-6-7-15(22)16(10-12)23-11-19(27)26-9-8-13-14(21)4-3-5-17(13)26/h3-7,10,23H,2,8-9,11H2,1H3. The Morgan fingerprint density at radius 3 is 3.00 bits per heavy atom. The summed E-state index contributed by atoms with van der Waals surface area (Å²) in [5.74, 6) is 0.278. The quantitative estimate of drug-likeness (QED) is 0.600. The van der Waals surface area contributed by atoms with Crippen molar-refractivity contribution >= 4 is 44.7 Å². The van der Waals surface area contributed by atoms with E-state index in [0.29, 0.717) is 6.54 Å². The first-order valence-corrected chi connectivity index (χ1v) is 10.6. The summed E-state index contributed by atoms with van der Waals surface area (Å²) in [5, 5.41) is 3.68. The molecule has 144 valence electrons. The van der Waals surface area contributed by atoms with Crippen LogP contribution in [0.3, 0.4) is 0 Å². The molecule has 0 radical (unpaired) electrons. The van der Waals surface area contributed by atoms with E-state index in [1.54, 1.807) is 17.0 Å². The zero-order chi connectivity index (χ0) is 19.7. The third-order valence-corrected chi connectivity index (χ3v) is 6.24. The first-order chi connectivity index (χ1) is 13.6. The van der Waals surface area contributed by atoms with Crippen molar-refractivity contribution in [2.45, 2.75) is 19.8 Å². The lowest BCUT2D eigenvalue weighted by atomic mass is 10.2. The first kappa shape index (κ1) is 19.0. The summed E-state index contributed by atoms with van der Waals surface area (Å²) in [6.07, 6.45) is 1.56. The lowest BCUT2D eigenvalue weighted by Crippen LogP contribution is -2.34. The van der Waals surface area contributed by atoms with Crippen LogP contribution >= 0.6 is 27.5 Å². The number of nitrogens with one attached hydrogen (secondary N) is 1. The molecule has 0 aliphatic carbocycles. The van der Waals surface area contributed by atoms with Crippen LogP contribution in [0, 0.1) is 5.82 Å². The molecule has 28 heavy (non-hydrogen) atoms. The Kier molecular flexibility index (Phi) is 5.41. The van der Waals surface area contributed by atoms with Gasteiger partial charge in [-0.1, -0.05) is 28.9 Å². The van der Waals surface area contributed by atoms with E-state index in [9.17, 15) is 9.18 Å². The number of benzene rings is 2. The number of amides is 1. The van der Waals surface area contributed by atoms with Gasteiger partial charge < -0.3 is 10.2 Å². The lowest BCUT2D eigenvalue weighted by molar-refractivity contribution is -0.116. The number of nitrogens with zero attached hydrogens (tertiary/aromatic N) is 3. The van der Waals surface area contributed by atoms with Crippen LogP contribution in [0.1, 0.15) is 18.3 Å². The molecule has 2 heterocycles. The van der Waals surface area contributed by atoms with Crippen LogP contribution in [0.25, 0.3) is 10.6 Å². The van der Waals surface area contributed by atoms with E-state index in [1.165, 1.54) is 17.6 Å². The molecule has 1 amide bonds. The van der Waals surface area contributed by atoms with E-state index >= 15 is 0 Å². The summed E-state index contributed by atoms with van der Waals surface area (Å²) in [5.41, 5.74) is 3.11. The first-order valence-electron chi connectivity index (χ1n) is 9.01. The lowest BCUT2D eigenvalue weighted by Gasteiger charge is -2.18. The number of hydrogen-bond acceptors (Lipinski definition) is 5. The summed E-state index contributed by atoms with van der Waals surface area (Å²) < 4.78 is 19.5. The summed E-state index contributed by atoms with van der Waals surface area (Å²) in [6.45, 7) is 2.64. The zero-order valence-electron chi connectivity index (χ0n) is 15.2. The third kappa shape index (κ3) is 3.66. The number of carbonyl (C=O) groups is 1. The van der Waals surface area contributed by atoms with Crippen molar-refractivity contribution < 1.29 is 9.18 Å². The van der Waals surface area contributed by atoms with Gasteiger partial charge in [-0.15, -0.1) is 0 Å². The number of anilines is 2. The number of rotatable bonds is 5. The molecule has 2 aromatic carbocycles. The van der Waals surface area contributed by atoms with Gasteiger partial charge >= 0.3 is 0 Å².